The number of benzene rings is 2. The monoisotopic (exact) mass is 349 g/mol. The number of aryl methyl sites for hydroxylation is 2. The third-order valence-corrected chi connectivity index (χ3v) is 4.82. The third kappa shape index (κ3) is 6.95. The second kappa shape index (κ2) is 9.97. The topological polar surface area (TPSA) is 12.0 Å². The summed E-state index contributed by atoms with van der Waals surface area (Å²) in [4.78, 5) is 0. The predicted octanol–water partition coefficient (Wildman–Crippen LogP) is 5.93. The maximum Gasteiger partial charge on any atom is 0.0595 e. The lowest BCUT2D eigenvalue weighted by Crippen LogP contribution is -2.27. The molecular formula is C20H25Cl2N. The minimum atomic E-state index is 0.515. The van der Waals surface area contributed by atoms with Crippen molar-refractivity contribution in [1.82, 2.24) is 5.32 Å². The van der Waals surface area contributed by atoms with E-state index in [2.05, 4.69) is 48.6 Å². The van der Waals surface area contributed by atoms with Crippen molar-refractivity contribution in [2.45, 2.75) is 45.1 Å². The van der Waals surface area contributed by atoms with Crippen molar-refractivity contribution >= 4 is 23.2 Å². The van der Waals surface area contributed by atoms with Crippen molar-refractivity contribution in [3.05, 3.63) is 69.7 Å². The first-order valence-electron chi connectivity index (χ1n) is 8.36. The van der Waals surface area contributed by atoms with Crippen LogP contribution in [0.5, 0.6) is 0 Å². The molecule has 2 rings (SSSR count). The van der Waals surface area contributed by atoms with Crippen LogP contribution in [-0.2, 0) is 12.8 Å². The van der Waals surface area contributed by atoms with Crippen LogP contribution in [0.4, 0.5) is 0 Å². The number of unbranched alkanes of at least 4 members (excludes halogenated alkanes) is 1. The molecule has 0 aromatic heterocycles. The summed E-state index contributed by atoms with van der Waals surface area (Å²) in [6.07, 6.45) is 5.74. The highest BCUT2D eigenvalue weighted by atomic mass is 35.5. The van der Waals surface area contributed by atoms with Gasteiger partial charge in [-0.25, -0.2) is 0 Å². The van der Waals surface area contributed by atoms with E-state index in [1.807, 2.05) is 12.1 Å². The quantitative estimate of drug-likeness (QED) is 0.553. The van der Waals surface area contributed by atoms with E-state index >= 15 is 0 Å². The van der Waals surface area contributed by atoms with Gasteiger partial charge in [0.05, 0.1) is 10.0 Å². The molecule has 1 N–H and O–H groups in total. The summed E-state index contributed by atoms with van der Waals surface area (Å²) in [5, 5.41) is 4.88. The molecule has 3 heteroatoms. The lowest BCUT2D eigenvalue weighted by molar-refractivity contribution is 0.500. The van der Waals surface area contributed by atoms with Crippen LogP contribution in [0.3, 0.4) is 0 Å². The zero-order chi connectivity index (χ0) is 16.5. The van der Waals surface area contributed by atoms with Crippen LogP contribution < -0.4 is 5.32 Å². The van der Waals surface area contributed by atoms with Gasteiger partial charge >= 0.3 is 0 Å². The fraction of sp³-hybridized carbons (Fsp3) is 0.400. The van der Waals surface area contributed by atoms with Crippen LogP contribution in [-0.4, -0.2) is 12.6 Å². The normalized spacial score (nSPS) is 12.3. The number of hydrogen-bond donors (Lipinski definition) is 1. The van der Waals surface area contributed by atoms with Gasteiger partial charge in [0.25, 0.3) is 0 Å². The van der Waals surface area contributed by atoms with Gasteiger partial charge in [-0.2, -0.15) is 0 Å². The molecule has 0 bridgehead atoms. The third-order valence-electron chi connectivity index (χ3n) is 4.08. The lowest BCUT2D eigenvalue weighted by atomic mass is 10.1. The second-order valence-electron chi connectivity index (χ2n) is 6.09. The SMILES string of the molecule is CC(CCc1ccc(Cl)c(Cl)c1)NCCCCc1ccccc1. The maximum atomic E-state index is 6.05. The molecule has 23 heavy (non-hydrogen) atoms. The number of nitrogens with one attached hydrogen (secondary N) is 1. The smallest absolute Gasteiger partial charge is 0.0595 e. The highest BCUT2D eigenvalue weighted by Crippen LogP contribution is 2.23. The predicted molar refractivity (Wildman–Crippen MR) is 102 cm³/mol. The standard InChI is InChI=1S/C20H25Cl2N/c1-16(10-11-18-12-13-19(21)20(22)15-18)23-14-6-5-9-17-7-3-2-4-8-17/h2-4,7-8,12-13,15-16,23H,5-6,9-11,14H2,1H3. The van der Waals surface area contributed by atoms with Gasteiger partial charge < -0.3 is 5.32 Å². The van der Waals surface area contributed by atoms with Crippen LogP contribution in [0, 0.1) is 0 Å². The molecule has 2 aromatic rings. The molecule has 0 aliphatic carbocycles. The van der Waals surface area contributed by atoms with Gasteiger partial charge in [-0.1, -0.05) is 59.6 Å². The fourth-order valence-corrected chi connectivity index (χ4v) is 2.95. The van der Waals surface area contributed by atoms with E-state index in [1.165, 1.54) is 30.4 Å². The fourth-order valence-electron chi connectivity index (χ4n) is 2.63. The van der Waals surface area contributed by atoms with E-state index in [1.54, 1.807) is 0 Å². The molecule has 124 valence electrons. The van der Waals surface area contributed by atoms with Crippen LogP contribution >= 0.6 is 23.2 Å². The van der Waals surface area contributed by atoms with Crippen molar-refractivity contribution < 1.29 is 0 Å². The van der Waals surface area contributed by atoms with Crippen LogP contribution in [0.2, 0.25) is 10.0 Å². The molecule has 1 nitrogen and oxygen atoms in total. The van der Waals surface area contributed by atoms with Crippen molar-refractivity contribution in [2.75, 3.05) is 6.54 Å². The molecular weight excluding hydrogens is 325 g/mol. The maximum absolute atomic E-state index is 6.05. The van der Waals surface area contributed by atoms with Gasteiger partial charge in [0.15, 0.2) is 0 Å². The van der Waals surface area contributed by atoms with Gasteiger partial charge in [-0.05, 0) is 68.8 Å². The van der Waals surface area contributed by atoms with E-state index in [9.17, 15) is 0 Å². The molecule has 0 saturated carbocycles. The second-order valence-corrected chi connectivity index (χ2v) is 6.90. The Morgan fingerprint density at radius 1 is 0.870 bits per heavy atom. The van der Waals surface area contributed by atoms with Crippen molar-refractivity contribution in [1.29, 1.82) is 0 Å². The molecule has 1 atom stereocenters. The molecule has 2 aromatic carbocycles. The van der Waals surface area contributed by atoms with Gasteiger partial charge in [0, 0.05) is 6.04 Å². The van der Waals surface area contributed by atoms with Crippen molar-refractivity contribution in [2.24, 2.45) is 0 Å². The van der Waals surface area contributed by atoms with Gasteiger partial charge in [0.2, 0.25) is 0 Å². The Kier molecular flexibility index (Phi) is 7.94. The Balaban J connectivity index is 1.58. The minimum Gasteiger partial charge on any atom is -0.314 e. The molecule has 0 heterocycles. The first-order valence-corrected chi connectivity index (χ1v) is 9.12. The molecule has 0 fully saturated rings. The molecule has 1 unspecified atom stereocenters. The van der Waals surface area contributed by atoms with Crippen LogP contribution in [0.1, 0.15) is 37.3 Å². The van der Waals surface area contributed by atoms with E-state index in [-0.39, 0.29) is 0 Å². The zero-order valence-electron chi connectivity index (χ0n) is 13.7. The molecule has 0 aliphatic rings. The van der Waals surface area contributed by atoms with Crippen LogP contribution in [0.15, 0.2) is 48.5 Å². The van der Waals surface area contributed by atoms with E-state index in [0.29, 0.717) is 16.1 Å². The van der Waals surface area contributed by atoms with E-state index in [4.69, 9.17) is 23.2 Å². The Morgan fingerprint density at radius 2 is 1.65 bits per heavy atom. The summed E-state index contributed by atoms with van der Waals surface area (Å²) in [5.41, 5.74) is 2.68. The number of rotatable bonds is 9. The molecule has 0 radical (unpaired) electrons. The largest absolute Gasteiger partial charge is 0.314 e. The summed E-state index contributed by atoms with van der Waals surface area (Å²) in [6, 6.07) is 17.1. The zero-order valence-corrected chi connectivity index (χ0v) is 15.2. The van der Waals surface area contributed by atoms with Gasteiger partial charge in [0.1, 0.15) is 0 Å². The Morgan fingerprint density at radius 3 is 2.39 bits per heavy atom. The van der Waals surface area contributed by atoms with Crippen molar-refractivity contribution in [3.63, 3.8) is 0 Å². The molecule has 0 spiro atoms. The van der Waals surface area contributed by atoms with E-state index in [0.717, 1.165) is 19.4 Å². The number of halogens is 2. The first kappa shape index (κ1) is 18.3. The highest BCUT2D eigenvalue weighted by molar-refractivity contribution is 6.42. The summed E-state index contributed by atoms with van der Waals surface area (Å²) in [5.74, 6) is 0. The van der Waals surface area contributed by atoms with Crippen LogP contribution in [0.25, 0.3) is 0 Å². The van der Waals surface area contributed by atoms with Gasteiger partial charge in [-0.15, -0.1) is 0 Å². The number of hydrogen-bond acceptors (Lipinski definition) is 1. The minimum absolute atomic E-state index is 0.515. The van der Waals surface area contributed by atoms with E-state index < -0.39 is 0 Å². The first-order chi connectivity index (χ1) is 11.1. The Bertz CT molecular complexity index is 583. The molecule has 0 aliphatic heterocycles. The Labute approximate surface area is 150 Å². The summed E-state index contributed by atoms with van der Waals surface area (Å²) >= 11 is 12.0. The average Bonchev–Trinajstić information content (AvgIpc) is 2.56. The summed E-state index contributed by atoms with van der Waals surface area (Å²) in [7, 11) is 0. The highest BCUT2D eigenvalue weighted by Gasteiger charge is 2.04. The lowest BCUT2D eigenvalue weighted by Gasteiger charge is -2.14. The van der Waals surface area contributed by atoms with Crippen molar-refractivity contribution in [3.8, 4) is 0 Å². The molecule has 0 saturated heterocycles. The summed E-state index contributed by atoms with van der Waals surface area (Å²) < 4.78 is 0. The summed E-state index contributed by atoms with van der Waals surface area (Å²) in [6.45, 7) is 3.32. The Hall–Kier alpha value is -1.02. The van der Waals surface area contributed by atoms with Gasteiger partial charge in [-0.3, -0.25) is 0 Å². The average molecular weight is 350 g/mol. The molecule has 0 amide bonds.